The van der Waals surface area contributed by atoms with Crippen LogP contribution in [0.5, 0.6) is 11.5 Å². The normalized spacial score (nSPS) is 18.1. The van der Waals surface area contributed by atoms with Crippen LogP contribution in [0.2, 0.25) is 0 Å². The molecule has 3 atom stereocenters. The van der Waals surface area contributed by atoms with E-state index in [1.54, 1.807) is 24.1 Å². The summed E-state index contributed by atoms with van der Waals surface area (Å²) in [5.74, 6) is 0.844. The molecular weight excluding hydrogens is 470 g/mol. The maximum atomic E-state index is 14.1. The lowest BCUT2D eigenvalue weighted by molar-refractivity contribution is -0.122. The van der Waals surface area contributed by atoms with Crippen LogP contribution in [-0.4, -0.2) is 57.9 Å². The van der Waals surface area contributed by atoms with Crippen molar-refractivity contribution < 1.29 is 23.8 Å². The van der Waals surface area contributed by atoms with Crippen LogP contribution in [0.15, 0.2) is 48.5 Å². The quantitative estimate of drug-likeness (QED) is 0.450. The third-order valence-electron chi connectivity index (χ3n) is 6.90. The summed E-state index contributed by atoms with van der Waals surface area (Å²) in [4.78, 5) is 28.0. The number of anilines is 1. The number of likely N-dealkylation sites (N-methyl/N-ethyl adjacent to an activating group) is 1. The highest BCUT2D eigenvalue weighted by Gasteiger charge is 2.37. The Hall–Kier alpha value is -3.62. The second-order valence-electron chi connectivity index (χ2n) is 9.47. The van der Waals surface area contributed by atoms with E-state index in [0.29, 0.717) is 29.3 Å². The molecule has 0 bridgehead atoms. The van der Waals surface area contributed by atoms with Crippen LogP contribution in [0.1, 0.15) is 35.3 Å². The molecule has 2 N–H and O–H groups in total. The van der Waals surface area contributed by atoms with Crippen LogP contribution in [0.25, 0.3) is 10.8 Å². The van der Waals surface area contributed by atoms with E-state index >= 15 is 0 Å². The molecule has 4 rings (SSSR count). The average molecular weight is 506 g/mol. The third-order valence-corrected chi connectivity index (χ3v) is 6.90. The molecule has 1 aliphatic rings. The van der Waals surface area contributed by atoms with E-state index in [1.165, 1.54) is 7.11 Å². The van der Waals surface area contributed by atoms with Gasteiger partial charge in [-0.2, -0.15) is 0 Å². The Morgan fingerprint density at radius 3 is 2.62 bits per heavy atom. The number of hydrogen-bond donors (Lipinski definition) is 2. The molecule has 0 spiro atoms. The summed E-state index contributed by atoms with van der Waals surface area (Å²) in [6.45, 7) is 6.85. The molecule has 1 heterocycles. The number of methoxy groups -OCH3 is 2. The number of rotatable bonds is 8. The number of amides is 1. The molecule has 196 valence electrons. The van der Waals surface area contributed by atoms with Crippen LogP contribution < -0.4 is 25.0 Å². The fraction of sp³-hybridized carbons (Fsp3) is 0.379. The van der Waals surface area contributed by atoms with Gasteiger partial charge in [0.25, 0.3) is 0 Å². The van der Waals surface area contributed by atoms with Gasteiger partial charge >= 0.3 is 5.97 Å². The van der Waals surface area contributed by atoms with E-state index in [-0.39, 0.29) is 24.6 Å². The molecule has 8 heteroatoms. The van der Waals surface area contributed by atoms with Crippen LogP contribution in [-0.2, 0) is 16.1 Å². The van der Waals surface area contributed by atoms with Gasteiger partial charge in [0, 0.05) is 18.2 Å². The van der Waals surface area contributed by atoms with E-state index < -0.39 is 12.0 Å². The first-order valence-electron chi connectivity index (χ1n) is 12.4. The molecule has 8 nitrogen and oxygen atoms in total. The minimum absolute atomic E-state index is 0.0800. The van der Waals surface area contributed by atoms with Gasteiger partial charge in [0.05, 0.1) is 32.0 Å². The van der Waals surface area contributed by atoms with E-state index in [1.807, 2.05) is 57.3 Å². The van der Waals surface area contributed by atoms with Crippen LogP contribution in [0.3, 0.4) is 0 Å². The number of fused-ring (bicyclic) bond motifs is 2. The number of aryl methyl sites for hydroxylation is 1. The molecule has 3 aromatic rings. The van der Waals surface area contributed by atoms with E-state index in [0.717, 1.165) is 21.9 Å². The molecule has 0 fully saturated rings. The van der Waals surface area contributed by atoms with Gasteiger partial charge in [0.1, 0.15) is 23.6 Å². The van der Waals surface area contributed by atoms with Crippen molar-refractivity contribution in [3.05, 3.63) is 65.2 Å². The molecule has 37 heavy (non-hydrogen) atoms. The maximum Gasteiger partial charge on any atom is 0.337 e. The number of benzene rings is 3. The maximum absolute atomic E-state index is 14.1. The summed E-state index contributed by atoms with van der Waals surface area (Å²) in [6, 6.07) is 14.7. The summed E-state index contributed by atoms with van der Waals surface area (Å²) in [7, 11) is 4.87. The second-order valence-corrected chi connectivity index (χ2v) is 9.47. The minimum atomic E-state index is -0.546. The molecule has 0 saturated carbocycles. The lowest BCUT2D eigenvalue weighted by Gasteiger charge is -2.28. The van der Waals surface area contributed by atoms with Gasteiger partial charge in [0.2, 0.25) is 5.91 Å². The van der Waals surface area contributed by atoms with E-state index in [2.05, 4.69) is 17.6 Å². The number of carbonyl (C=O) groups excluding carboxylic acids is 2. The Balaban J connectivity index is 1.81. The summed E-state index contributed by atoms with van der Waals surface area (Å²) < 4.78 is 16.9. The standard InChI is InChI=1S/C29H35N3O5/c1-17-7-11-24-26(13-17)37-19(3)27(31-15-18(2)30-4)28(33)32(24)16-23-22-10-8-21(29(34)36-6)14-20(22)9-12-25(23)35-5/h7-14,18-19,27,30-31H,15-16H2,1-6H3/t18-,19-,27-/m0/s1. The Kier molecular flexibility index (Phi) is 8.00. The zero-order valence-electron chi connectivity index (χ0n) is 22.3. The Morgan fingerprint density at radius 2 is 1.92 bits per heavy atom. The lowest BCUT2D eigenvalue weighted by atomic mass is 10.00. The van der Waals surface area contributed by atoms with Gasteiger partial charge in [-0.05, 0) is 74.5 Å². The molecule has 1 aliphatic heterocycles. The summed E-state index contributed by atoms with van der Waals surface area (Å²) in [6.07, 6.45) is -0.376. The van der Waals surface area contributed by atoms with Gasteiger partial charge in [-0.25, -0.2) is 4.79 Å². The van der Waals surface area contributed by atoms with E-state index in [9.17, 15) is 9.59 Å². The summed E-state index contributed by atoms with van der Waals surface area (Å²) in [5.41, 5.74) is 3.06. The molecule has 0 saturated heterocycles. The summed E-state index contributed by atoms with van der Waals surface area (Å²) >= 11 is 0. The molecule has 0 unspecified atom stereocenters. The predicted molar refractivity (Wildman–Crippen MR) is 145 cm³/mol. The monoisotopic (exact) mass is 505 g/mol. The van der Waals surface area contributed by atoms with Gasteiger partial charge < -0.3 is 29.7 Å². The smallest absolute Gasteiger partial charge is 0.337 e. The van der Waals surface area contributed by atoms with Crippen molar-refractivity contribution in [1.29, 1.82) is 0 Å². The van der Waals surface area contributed by atoms with Gasteiger partial charge in [-0.1, -0.05) is 18.2 Å². The van der Waals surface area contributed by atoms with Crippen LogP contribution in [0.4, 0.5) is 5.69 Å². The van der Waals surface area contributed by atoms with Crippen LogP contribution >= 0.6 is 0 Å². The zero-order valence-corrected chi connectivity index (χ0v) is 22.3. The first-order chi connectivity index (χ1) is 17.8. The van der Waals surface area contributed by atoms with Crippen molar-refractivity contribution in [2.75, 3.05) is 32.7 Å². The average Bonchev–Trinajstić information content (AvgIpc) is 2.99. The topological polar surface area (TPSA) is 89.1 Å². The molecule has 1 amide bonds. The fourth-order valence-corrected chi connectivity index (χ4v) is 4.65. The van der Waals surface area contributed by atoms with Crippen molar-refractivity contribution in [3.63, 3.8) is 0 Å². The Bertz CT molecular complexity index is 1310. The van der Waals surface area contributed by atoms with Gasteiger partial charge in [-0.15, -0.1) is 0 Å². The Morgan fingerprint density at radius 1 is 1.14 bits per heavy atom. The number of nitrogens with one attached hydrogen (secondary N) is 2. The number of hydrogen-bond acceptors (Lipinski definition) is 7. The lowest BCUT2D eigenvalue weighted by Crippen LogP contribution is -2.54. The first-order valence-corrected chi connectivity index (χ1v) is 12.4. The van der Waals surface area contributed by atoms with Gasteiger partial charge in [-0.3, -0.25) is 4.79 Å². The largest absolute Gasteiger partial charge is 0.496 e. The number of esters is 1. The van der Waals surface area contributed by atoms with Crippen molar-refractivity contribution in [2.45, 2.75) is 45.5 Å². The number of ether oxygens (including phenoxy) is 3. The summed E-state index contributed by atoms with van der Waals surface area (Å²) in [5, 5.41) is 8.35. The highest BCUT2D eigenvalue weighted by atomic mass is 16.5. The van der Waals surface area contributed by atoms with Crippen molar-refractivity contribution in [3.8, 4) is 11.5 Å². The van der Waals surface area contributed by atoms with Crippen molar-refractivity contribution >= 4 is 28.3 Å². The van der Waals surface area contributed by atoms with Crippen molar-refractivity contribution in [1.82, 2.24) is 10.6 Å². The van der Waals surface area contributed by atoms with E-state index in [4.69, 9.17) is 14.2 Å². The highest BCUT2D eigenvalue weighted by Crippen LogP contribution is 2.38. The molecule has 3 aromatic carbocycles. The second kappa shape index (κ2) is 11.2. The Labute approximate surface area is 217 Å². The third kappa shape index (κ3) is 5.40. The van der Waals surface area contributed by atoms with Gasteiger partial charge in [0.15, 0.2) is 0 Å². The SMILES string of the molecule is CN[C@@H](C)CN[C@@H]1C(=O)N(Cc2c(OC)ccc3cc(C(=O)OC)ccc23)c2ccc(C)cc2O[C@H]1C. The molecular formula is C29H35N3O5. The highest BCUT2D eigenvalue weighted by molar-refractivity contribution is 6.01. The minimum Gasteiger partial charge on any atom is -0.496 e. The molecule has 0 aliphatic carbocycles. The molecule has 0 radical (unpaired) electrons. The fourth-order valence-electron chi connectivity index (χ4n) is 4.65. The predicted octanol–water partition coefficient (Wildman–Crippen LogP) is 3.82. The van der Waals surface area contributed by atoms with Crippen molar-refractivity contribution in [2.24, 2.45) is 0 Å². The molecule has 0 aromatic heterocycles. The first kappa shape index (κ1) is 26.4. The number of carbonyl (C=O) groups is 2. The number of nitrogens with zero attached hydrogens (tertiary/aromatic N) is 1. The van der Waals surface area contributed by atoms with Crippen LogP contribution in [0, 0.1) is 6.92 Å². The zero-order chi connectivity index (χ0) is 26.7.